The summed E-state index contributed by atoms with van der Waals surface area (Å²) in [6.45, 7) is 1.43. The van der Waals surface area contributed by atoms with Crippen LogP contribution in [-0.2, 0) is 23.0 Å². The van der Waals surface area contributed by atoms with Crippen molar-refractivity contribution < 1.29 is 13.2 Å². The molecule has 0 saturated carbocycles. The van der Waals surface area contributed by atoms with Crippen LogP contribution in [0.25, 0.3) is 11.0 Å². The number of hydrogen-bond acceptors (Lipinski definition) is 4. The van der Waals surface area contributed by atoms with E-state index < -0.39 is 10.0 Å². The second-order valence-corrected chi connectivity index (χ2v) is 10.2. The first-order valence-corrected chi connectivity index (χ1v) is 12.3. The summed E-state index contributed by atoms with van der Waals surface area (Å²) >= 11 is 0. The molecule has 5 rings (SSSR count). The molecule has 2 amide bonds. The van der Waals surface area contributed by atoms with E-state index in [1.807, 2.05) is 47.4 Å². The van der Waals surface area contributed by atoms with E-state index in [4.69, 9.17) is 4.98 Å². The zero-order valence-electron chi connectivity index (χ0n) is 17.3. The molecule has 0 bridgehead atoms. The van der Waals surface area contributed by atoms with Gasteiger partial charge < -0.3 is 15.2 Å². The third-order valence-corrected chi connectivity index (χ3v) is 7.43. The topological polar surface area (TPSA) is 98.4 Å². The van der Waals surface area contributed by atoms with Gasteiger partial charge in [0.1, 0.15) is 5.82 Å². The number of urea groups is 1. The monoisotopic (exact) mass is 439 g/mol. The quantitative estimate of drug-likeness (QED) is 0.654. The summed E-state index contributed by atoms with van der Waals surface area (Å²) in [6, 6.07) is 13.3. The number of fused-ring (bicyclic) bond motifs is 2. The predicted octanol–water partition coefficient (Wildman–Crippen LogP) is 3.25. The van der Waals surface area contributed by atoms with Crippen molar-refractivity contribution in [2.75, 3.05) is 24.7 Å². The molecule has 1 atom stereocenters. The molecule has 31 heavy (non-hydrogen) atoms. The van der Waals surface area contributed by atoms with Gasteiger partial charge in [-0.15, -0.1) is 0 Å². The number of imidazole rings is 1. The number of hydrogen-bond donors (Lipinski definition) is 2. The first-order chi connectivity index (χ1) is 14.9. The van der Waals surface area contributed by atoms with Crippen LogP contribution in [0.1, 0.15) is 35.8 Å². The Morgan fingerprint density at radius 3 is 2.81 bits per heavy atom. The summed E-state index contributed by atoms with van der Waals surface area (Å²) in [5, 5.41) is 3.08. The molecular weight excluding hydrogens is 414 g/mol. The van der Waals surface area contributed by atoms with Crippen molar-refractivity contribution in [3.63, 3.8) is 0 Å². The average Bonchev–Trinajstić information content (AvgIpc) is 3.39. The third kappa shape index (κ3) is 3.79. The number of sulfonamides is 1. The van der Waals surface area contributed by atoms with Gasteiger partial charge in [-0.2, -0.15) is 4.31 Å². The van der Waals surface area contributed by atoms with Gasteiger partial charge in [0.25, 0.3) is 0 Å². The second-order valence-electron chi connectivity index (χ2n) is 8.21. The number of para-hydroxylation sites is 2. The van der Waals surface area contributed by atoms with Gasteiger partial charge in [-0.05, 0) is 48.6 Å². The molecule has 2 N–H and O–H groups in total. The summed E-state index contributed by atoms with van der Waals surface area (Å²) in [4.78, 5) is 23.1. The number of H-pyrrole nitrogens is 1. The Labute approximate surface area is 181 Å². The first-order valence-electron chi connectivity index (χ1n) is 10.5. The minimum atomic E-state index is -3.24. The molecule has 1 fully saturated rings. The van der Waals surface area contributed by atoms with E-state index in [1.165, 1.54) is 10.6 Å². The van der Waals surface area contributed by atoms with Crippen LogP contribution in [-0.4, -0.2) is 53.0 Å². The Hall–Kier alpha value is -2.91. The maximum Gasteiger partial charge on any atom is 0.322 e. The number of carbonyl (C=O) groups is 1. The van der Waals surface area contributed by atoms with Gasteiger partial charge in [-0.1, -0.05) is 24.3 Å². The largest absolute Gasteiger partial charge is 0.340 e. The van der Waals surface area contributed by atoms with Crippen LogP contribution in [0.15, 0.2) is 42.5 Å². The molecule has 3 aromatic rings. The van der Waals surface area contributed by atoms with Gasteiger partial charge >= 0.3 is 6.03 Å². The van der Waals surface area contributed by atoms with E-state index in [-0.39, 0.29) is 12.1 Å². The van der Waals surface area contributed by atoms with Crippen LogP contribution in [0.5, 0.6) is 0 Å². The maximum absolute atomic E-state index is 13.2. The van der Waals surface area contributed by atoms with E-state index >= 15 is 0 Å². The number of nitrogens with one attached hydrogen (secondary N) is 2. The van der Waals surface area contributed by atoms with E-state index in [2.05, 4.69) is 10.3 Å². The molecule has 1 saturated heterocycles. The highest BCUT2D eigenvalue weighted by Crippen LogP contribution is 2.33. The van der Waals surface area contributed by atoms with Crippen molar-refractivity contribution in [2.45, 2.75) is 31.8 Å². The van der Waals surface area contributed by atoms with Crippen LogP contribution in [0, 0.1) is 0 Å². The van der Waals surface area contributed by atoms with Crippen molar-refractivity contribution in [3.8, 4) is 0 Å². The molecule has 1 unspecified atom stereocenters. The number of aromatic amines is 1. The highest BCUT2D eigenvalue weighted by molar-refractivity contribution is 7.88. The molecule has 0 radical (unpaired) electrons. The van der Waals surface area contributed by atoms with E-state index in [0.29, 0.717) is 26.1 Å². The Bertz CT molecular complexity index is 1220. The predicted molar refractivity (Wildman–Crippen MR) is 119 cm³/mol. The SMILES string of the molecule is CS(=O)(=O)N1CCc2c(cccc2NC(=O)N2CCCC2c2nc3ccccc3[nH]2)C1. The molecule has 9 heteroatoms. The summed E-state index contributed by atoms with van der Waals surface area (Å²) in [5.41, 5.74) is 4.57. The lowest BCUT2D eigenvalue weighted by Gasteiger charge is -2.29. The highest BCUT2D eigenvalue weighted by Gasteiger charge is 2.33. The Kier molecular flexibility index (Phi) is 4.94. The summed E-state index contributed by atoms with van der Waals surface area (Å²) in [5.74, 6) is 0.813. The lowest BCUT2D eigenvalue weighted by Crippen LogP contribution is -2.37. The number of amides is 2. The molecular formula is C22H25N5O3S. The number of rotatable bonds is 3. The van der Waals surface area contributed by atoms with Crippen LogP contribution >= 0.6 is 0 Å². The second kappa shape index (κ2) is 7.65. The van der Waals surface area contributed by atoms with Crippen LogP contribution in [0.4, 0.5) is 10.5 Å². The van der Waals surface area contributed by atoms with Gasteiger partial charge in [-0.3, -0.25) is 0 Å². The lowest BCUT2D eigenvalue weighted by molar-refractivity contribution is 0.205. The number of anilines is 1. The average molecular weight is 440 g/mol. The zero-order valence-corrected chi connectivity index (χ0v) is 18.2. The van der Waals surface area contributed by atoms with Gasteiger partial charge in [-0.25, -0.2) is 18.2 Å². The smallest absolute Gasteiger partial charge is 0.322 e. The lowest BCUT2D eigenvalue weighted by atomic mass is 9.99. The molecule has 0 spiro atoms. The minimum Gasteiger partial charge on any atom is -0.340 e. The number of nitrogens with zero attached hydrogens (tertiary/aromatic N) is 3. The van der Waals surface area contributed by atoms with Crippen LogP contribution < -0.4 is 5.32 Å². The van der Waals surface area contributed by atoms with Gasteiger partial charge in [0.15, 0.2) is 0 Å². The van der Waals surface area contributed by atoms with Crippen molar-refractivity contribution in [1.82, 2.24) is 19.2 Å². The van der Waals surface area contributed by atoms with Crippen LogP contribution in [0.2, 0.25) is 0 Å². The fourth-order valence-corrected chi connectivity index (χ4v) is 5.39. The molecule has 2 aliphatic rings. The standard InChI is InChI=1S/C22H25N5O3S/c1-31(29,30)26-13-11-16-15(14-26)6-4-9-17(16)25-22(28)27-12-5-10-20(27)21-23-18-7-2-3-8-19(18)24-21/h2-4,6-9,20H,5,10-14H2,1H3,(H,23,24)(H,25,28). The number of carbonyl (C=O) groups excluding carboxylic acids is 1. The van der Waals surface area contributed by atoms with Gasteiger partial charge in [0.2, 0.25) is 10.0 Å². The minimum absolute atomic E-state index is 0.0901. The molecule has 8 nitrogen and oxygen atoms in total. The first kappa shape index (κ1) is 20.0. The van der Waals surface area contributed by atoms with Crippen LogP contribution in [0.3, 0.4) is 0 Å². The Balaban J connectivity index is 1.37. The fraction of sp³-hybridized carbons (Fsp3) is 0.364. The summed E-state index contributed by atoms with van der Waals surface area (Å²) < 4.78 is 25.3. The third-order valence-electron chi connectivity index (χ3n) is 6.18. The normalized spacial score (nSPS) is 19.5. The van der Waals surface area contributed by atoms with E-state index in [0.717, 1.165) is 46.5 Å². The molecule has 1 aromatic heterocycles. The number of likely N-dealkylation sites (tertiary alicyclic amines) is 1. The molecule has 162 valence electrons. The number of aromatic nitrogens is 2. The molecule has 2 aromatic carbocycles. The molecule has 2 aliphatic heterocycles. The van der Waals surface area contributed by atoms with Crippen molar-refractivity contribution in [1.29, 1.82) is 0 Å². The van der Waals surface area contributed by atoms with Gasteiger partial charge in [0, 0.05) is 25.3 Å². The van der Waals surface area contributed by atoms with Gasteiger partial charge in [0.05, 0.1) is 23.3 Å². The zero-order chi connectivity index (χ0) is 21.6. The highest BCUT2D eigenvalue weighted by atomic mass is 32.2. The number of benzene rings is 2. The van der Waals surface area contributed by atoms with E-state index in [9.17, 15) is 13.2 Å². The molecule has 0 aliphatic carbocycles. The van der Waals surface area contributed by atoms with Crippen molar-refractivity contribution in [2.24, 2.45) is 0 Å². The summed E-state index contributed by atoms with van der Waals surface area (Å²) in [6.07, 6.45) is 3.59. The Morgan fingerprint density at radius 1 is 1.16 bits per heavy atom. The van der Waals surface area contributed by atoms with Crippen molar-refractivity contribution in [3.05, 3.63) is 59.4 Å². The maximum atomic E-state index is 13.2. The van der Waals surface area contributed by atoms with E-state index in [1.54, 1.807) is 0 Å². The van der Waals surface area contributed by atoms with Crippen molar-refractivity contribution >= 4 is 32.8 Å². The Morgan fingerprint density at radius 2 is 2.00 bits per heavy atom. The fourth-order valence-electron chi connectivity index (χ4n) is 4.60. The summed E-state index contributed by atoms with van der Waals surface area (Å²) in [7, 11) is -3.24. The molecule has 3 heterocycles.